The number of para-hydroxylation sites is 1. The molecule has 0 aliphatic rings. The molecule has 2 aromatic carbocycles. The Morgan fingerprint density at radius 2 is 1.95 bits per heavy atom. The van der Waals surface area contributed by atoms with Crippen molar-refractivity contribution < 1.29 is 13.5 Å². The lowest BCUT2D eigenvalue weighted by Crippen LogP contribution is -2.17. The van der Waals surface area contributed by atoms with Crippen LogP contribution in [0.15, 0.2) is 52.9 Å². The highest BCUT2D eigenvalue weighted by Gasteiger charge is 2.18. The van der Waals surface area contributed by atoms with Gasteiger partial charge in [0.15, 0.2) is 11.6 Å². The fraction of sp³-hybridized carbons (Fsp3) is 0.176. The largest absolute Gasteiger partial charge is 0.494 e. The Kier molecular flexibility index (Phi) is 3.62. The number of rotatable bonds is 4. The van der Waals surface area contributed by atoms with Crippen LogP contribution in [0.5, 0.6) is 5.75 Å². The van der Waals surface area contributed by atoms with E-state index in [2.05, 4.69) is 5.32 Å². The van der Waals surface area contributed by atoms with Crippen LogP contribution < -0.4 is 10.1 Å². The van der Waals surface area contributed by atoms with E-state index >= 15 is 0 Å². The number of halogens is 1. The van der Waals surface area contributed by atoms with Gasteiger partial charge in [0.2, 0.25) is 0 Å². The third-order valence-corrected chi connectivity index (χ3v) is 3.53. The maximum absolute atomic E-state index is 13.9. The molecular formula is C17H16FNO2. The highest BCUT2D eigenvalue weighted by atomic mass is 19.1. The number of nitrogens with one attached hydrogen (secondary N) is 1. The first-order valence-corrected chi connectivity index (χ1v) is 6.72. The maximum Gasteiger partial charge on any atom is 0.165 e. The minimum Gasteiger partial charge on any atom is -0.494 e. The first-order valence-electron chi connectivity index (χ1n) is 6.72. The summed E-state index contributed by atoms with van der Waals surface area (Å²) in [5, 5.41) is 4.19. The predicted molar refractivity (Wildman–Crippen MR) is 80.1 cm³/mol. The van der Waals surface area contributed by atoms with Gasteiger partial charge in [-0.25, -0.2) is 4.39 Å². The molecule has 1 unspecified atom stereocenters. The fourth-order valence-corrected chi connectivity index (χ4v) is 2.48. The number of benzene rings is 2. The SMILES string of the molecule is CNC(c1ccc(OC)c(F)c1)c1cc2ccccc2o1. The molecule has 0 saturated heterocycles. The lowest BCUT2D eigenvalue weighted by Gasteiger charge is -2.15. The molecule has 0 aliphatic heterocycles. The molecule has 1 heterocycles. The van der Waals surface area contributed by atoms with Crippen molar-refractivity contribution in [1.82, 2.24) is 5.32 Å². The summed E-state index contributed by atoms with van der Waals surface area (Å²) in [5.41, 5.74) is 1.61. The highest BCUT2D eigenvalue weighted by molar-refractivity contribution is 5.78. The molecule has 3 aromatic rings. The molecule has 4 heteroatoms. The molecule has 0 fully saturated rings. The third-order valence-electron chi connectivity index (χ3n) is 3.53. The molecule has 3 nitrogen and oxygen atoms in total. The summed E-state index contributed by atoms with van der Waals surface area (Å²) in [5.74, 6) is 0.604. The van der Waals surface area contributed by atoms with Crippen LogP contribution in [-0.4, -0.2) is 14.2 Å². The zero-order valence-electron chi connectivity index (χ0n) is 11.9. The van der Waals surface area contributed by atoms with Crippen molar-refractivity contribution in [2.75, 3.05) is 14.2 Å². The van der Waals surface area contributed by atoms with Crippen LogP contribution >= 0.6 is 0 Å². The summed E-state index contributed by atoms with van der Waals surface area (Å²) in [6.45, 7) is 0. The number of hydrogen-bond donors (Lipinski definition) is 1. The Morgan fingerprint density at radius 3 is 2.62 bits per heavy atom. The van der Waals surface area contributed by atoms with Gasteiger partial charge in [0.1, 0.15) is 11.3 Å². The topological polar surface area (TPSA) is 34.4 Å². The van der Waals surface area contributed by atoms with Crippen LogP contribution in [0.4, 0.5) is 4.39 Å². The van der Waals surface area contributed by atoms with Crippen LogP contribution in [-0.2, 0) is 0 Å². The number of furan rings is 1. The smallest absolute Gasteiger partial charge is 0.165 e. The van der Waals surface area contributed by atoms with Gasteiger partial charge in [-0.05, 0) is 36.9 Å². The molecule has 0 aliphatic carbocycles. The number of methoxy groups -OCH3 is 1. The Balaban J connectivity index is 2.03. The van der Waals surface area contributed by atoms with Gasteiger partial charge in [-0.1, -0.05) is 24.3 Å². The molecule has 108 valence electrons. The lowest BCUT2D eigenvalue weighted by atomic mass is 10.0. The van der Waals surface area contributed by atoms with Crippen LogP contribution in [0.2, 0.25) is 0 Å². The van der Waals surface area contributed by atoms with Gasteiger partial charge in [0.25, 0.3) is 0 Å². The van der Waals surface area contributed by atoms with Crippen LogP contribution in [0.25, 0.3) is 11.0 Å². The molecular weight excluding hydrogens is 269 g/mol. The fourth-order valence-electron chi connectivity index (χ4n) is 2.48. The van der Waals surface area contributed by atoms with Crippen molar-refractivity contribution in [3.05, 3.63) is 65.7 Å². The van der Waals surface area contributed by atoms with Crippen molar-refractivity contribution in [1.29, 1.82) is 0 Å². The van der Waals surface area contributed by atoms with Crippen LogP contribution in [0.3, 0.4) is 0 Å². The molecule has 0 radical (unpaired) electrons. The monoisotopic (exact) mass is 285 g/mol. The van der Waals surface area contributed by atoms with E-state index < -0.39 is 0 Å². The normalized spacial score (nSPS) is 12.5. The van der Waals surface area contributed by atoms with Gasteiger partial charge in [-0.15, -0.1) is 0 Å². The lowest BCUT2D eigenvalue weighted by molar-refractivity contribution is 0.385. The van der Waals surface area contributed by atoms with Crippen molar-refractivity contribution in [2.45, 2.75) is 6.04 Å². The summed E-state index contributed by atoms with van der Waals surface area (Å²) in [6.07, 6.45) is 0. The predicted octanol–water partition coefficient (Wildman–Crippen LogP) is 3.89. The quantitative estimate of drug-likeness (QED) is 0.789. The van der Waals surface area contributed by atoms with Gasteiger partial charge in [0, 0.05) is 5.39 Å². The van der Waals surface area contributed by atoms with E-state index in [1.54, 1.807) is 6.07 Å². The summed E-state index contributed by atoms with van der Waals surface area (Å²) in [7, 11) is 3.27. The molecule has 21 heavy (non-hydrogen) atoms. The van der Waals surface area contributed by atoms with Gasteiger partial charge in [-0.3, -0.25) is 0 Å². The van der Waals surface area contributed by atoms with Gasteiger partial charge in [-0.2, -0.15) is 0 Å². The molecule has 0 spiro atoms. The van der Waals surface area contributed by atoms with Crippen molar-refractivity contribution in [3.8, 4) is 5.75 Å². The van der Waals surface area contributed by atoms with E-state index in [4.69, 9.17) is 9.15 Å². The second-order valence-electron chi connectivity index (χ2n) is 4.80. The molecule has 0 saturated carbocycles. The van der Waals surface area contributed by atoms with Gasteiger partial charge < -0.3 is 14.5 Å². The Bertz CT molecular complexity index is 733. The molecule has 1 aromatic heterocycles. The van der Waals surface area contributed by atoms with E-state index in [9.17, 15) is 4.39 Å². The number of hydrogen-bond acceptors (Lipinski definition) is 3. The Morgan fingerprint density at radius 1 is 1.14 bits per heavy atom. The van der Waals surface area contributed by atoms with Gasteiger partial charge >= 0.3 is 0 Å². The minimum absolute atomic E-state index is 0.210. The summed E-state index contributed by atoms with van der Waals surface area (Å²) >= 11 is 0. The molecule has 0 bridgehead atoms. The average Bonchev–Trinajstić information content (AvgIpc) is 2.91. The highest BCUT2D eigenvalue weighted by Crippen LogP contribution is 2.30. The molecule has 1 atom stereocenters. The number of fused-ring (bicyclic) bond motifs is 1. The van der Waals surface area contributed by atoms with Crippen LogP contribution in [0.1, 0.15) is 17.4 Å². The average molecular weight is 285 g/mol. The Hall–Kier alpha value is -2.33. The summed E-state index contributed by atoms with van der Waals surface area (Å²) in [4.78, 5) is 0. The molecule has 1 N–H and O–H groups in total. The number of ether oxygens (including phenoxy) is 1. The van der Waals surface area contributed by atoms with Gasteiger partial charge in [0.05, 0.1) is 13.2 Å². The molecule has 3 rings (SSSR count). The minimum atomic E-state index is -0.383. The first kappa shape index (κ1) is 13.6. The van der Waals surface area contributed by atoms with Crippen molar-refractivity contribution in [3.63, 3.8) is 0 Å². The summed E-state index contributed by atoms with van der Waals surface area (Å²) < 4.78 is 24.7. The van der Waals surface area contributed by atoms with E-state index in [-0.39, 0.29) is 17.6 Å². The van der Waals surface area contributed by atoms with E-state index in [1.165, 1.54) is 13.2 Å². The van der Waals surface area contributed by atoms with E-state index in [0.717, 1.165) is 22.3 Å². The first-order chi connectivity index (χ1) is 10.2. The third kappa shape index (κ3) is 2.50. The van der Waals surface area contributed by atoms with Crippen molar-refractivity contribution in [2.24, 2.45) is 0 Å². The standard InChI is InChI=1S/C17H16FNO2/c1-19-17(12-7-8-15(20-2)13(18)9-12)16-10-11-5-3-4-6-14(11)21-16/h3-10,17,19H,1-2H3. The maximum atomic E-state index is 13.9. The van der Waals surface area contributed by atoms with Crippen molar-refractivity contribution >= 4 is 11.0 Å². The second-order valence-corrected chi connectivity index (χ2v) is 4.80. The Labute approximate surface area is 122 Å². The summed E-state index contributed by atoms with van der Waals surface area (Å²) in [6, 6.07) is 14.5. The van der Waals surface area contributed by atoms with Crippen LogP contribution in [0, 0.1) is 5.82 Å². The van der Waals surface area contributed by atoms with E-state index in [1.807, 2.05) is 43.4 Å². The van der Waals surface area contributed by atoms with E-state index in [0.29, 0.717) is 0 Å². The molecule has 0 amide bonds. The zero-order chi connectivity index (χ0) is 14.8. The zero-order valence-corrected chi connectivity index (χ0v) is 11.9. The second kappa shape index (κ2) is 5.58.